The van der Waals surface area contributed by atoms with Gasteiger partial charge in [0, 0.05) is 47.7 Å². The molecular weight excluding hydrogens is 436 g/mol. The SMILES string of the molecule is CC(C)CC(=O)Cn1c(-c2cccc(Cl)c2)cc2cc(OCCCN3CCOCC3)ccc21. The number of nitrogens with zero attached hydrogens (tertiary/aromatic N) is 2. The Balaban J connectivity index is 1.52. The van der Waals surface area contributed by atoms with Crippen LogP contribution in [0.5, 0.6) is 5.75 Å². The summed E-state index contributed by atoms with van der Waals surface area (Å²) in [5.74, 6) is 1.42. The Bertz CT molecular complexity index is 1090. The average Bonchev–Trinajstić information content (AvgIpc) is 3.14. The number of morpholine rings is 1. The molecule has 176 valence electrons. The number of ether oxygens (including phenoxy) is 2. The van der Waals surface area contributed by atoms with Gasteiger partial charge in [0.25, 0.3) is 0 Å². The number of aromatic nitrogens is 1. The van der Waals surface area contributed by atoms with Crippen molar-refractivity contribution >= 4 is 28.3 Å². The minimum atomic E-state index is 0.231. The molecule has 0 unspecified atom stereocenters. The molecule has 0 atom stereocenters. The molecule has 0 saturated carbocycles. The molecule has 2 aromatic carbocycles. The molecule has 0 bridgehead atoms. The molecular formula is C27H33ClN2O3. The average molecular weight is 469 g/mol. The summed E-state index contributed by atoms with van der Waals surface area (Å²) in [4.78, 5) is 15.1. The van der Waals surface area contributed by atoms with Crippen molar-refractivity contribution in [1.82, 2.24) is 9.47 Å². The van der Waals surface area contributed by atoms with Gasteiger partial charge in [-0.05, 0) is 54.3 Å². The lowest BCUT2D eigenvalue weighted by Gasteiger charge is -2.26. The van der Waals surface area contributed by atoms with Crippen LogP contribution in [-0.4, -0.2) is 54.7 Å². The minimum absolute atomic E-state index is 0.231. The summed E-state index contributed by atoms with van der Waals surface area (Å²) < 4.78 is 13.6. The molecule has 6 heteroatoms. The van der Waals surface area contributed by atoms with Gasteiger partial charge in [0.2, 0.25) is 0 Å². The Kier molecular flexibility index (Phi) is 8.07. The van der Waals surface area contributed by atoms with Gasteiger partial charge < -0.3 is 14.0 Å². The van der Waals surface area contributed by atoms with Gasteiger partial charge in [0.1, 0.15) is 5.75 Å². The zero-order chi connectivity index (χ0) is 23.2. The Labute approximate surface area is 201 Å². The second-order valence-electron chi connectivity index (χ2n) is 9.14. The first-order valence-electron chi connectivity index (χ1n) is 11.8. The van der Waals surface area contributed by atoms with E-state index in [1.54, 1.807) is 0 Å². The highest BCUT2D eigenvalue weighted by atomic mass is 35.5. The van der Waals surface area contributed by atoms with Crippen LogP contribution >= 0.6 is 11.6 Å². The monoisotopic (exact) mass is 468 g/mol. The zero-order valence-electron chi connectivity index (χ0n) is 19.6. The fraction of sp³-hybridized carbons (Fsp3) is 0.444. The van der Waals surface area contributed by atoms with Gasteiger partial charge in [-0.15, -0.1) is 0 Å². The fourth-order valence-corrected chi connectivity index (χ4v) is 4.59. The molecule has 1 saturated heterocycles. The van der Waals surface area contributed by atoms with Crippen LogP contribution in [0.1, 0.15) is 26.7 Å². The Morgan fingerprint density at radius 3 is 2.70 bits per heavy atom. The van der Waals surface area contributed by atoms with E-state index in [0.717, 1.165) is 67.2 Å². The van der Waals surface area contributed by atoms with Crippen molar-refractivity contribution in [3.05, 3.63) is 53.6 Å². The number of Topliss-reactive ketones (excluding diaryl/α,β-unsaturated/α-hetero) is 1. The van der Waals surface area contributed by atoms with Crippen LogP contribution in [0.4, 0.5) is 0 Å². The van der Waals surface area contributed by atoms with E-state index in [1.165, 1.54) is 0 Å². The molecule has 1 aliphatic heterocycles. The van der Waals surface area contributed by atoms with Crippen LogP contribution in [0.25, 0.3) is 22.2 Å². The minimum Gasteiger partial charge on any atom is -0.494 e. The normalized spacial score (nSPS) is 14.8. The molecule has 1 aliphatic rings. The lowest BCUT2D eigenvalue weighted by Crippen LogP contribution is -2.37. The predicted molar refractivity (Wildman–Crippen MR) is 134 cm³/mol. The number of carbonyl (C=O) groups is 1. The third kappa shape index (κ3) is 6.38. The second-order valence-corrected chi connectivity index (χ2v) is 9.58. The number of halogens is 1. The lowest BCUT2D eigenvalue weighted by atomic mass is 10.1. The number of ketones is 1. The Morgan fingerprint density at radius 1 is 1.12 bits per heavy atom. The molecule has 2 heterocycles. The molecule has 1 aromatic heterocycles. The highest BCUT2D eigenvalue weighted by Crippen LogP contribution is 2.32. The molecule has 0 amide bonds. The highest BCUT2D eigenvalue weighted by Gasteiger charge is 2.16. The van der Waals surface area contributed by atoms with Gasteiger partial charge in [0.05, 0.1) is 26.4 Å². The quantitative estimate of drug-likeness (QED) is 0.359. The number of benzene rings is 2. The lowest BCUT2D eigenvalue weighted by molar-refractivity contribution is -0.120. The molecule has 0 radical (unpaired) electrons. The summed E-state index contributed by atoms with van der Waals surface area (Å²) in [5.41, 5.74) is 3.03. The van der Waals surface area contributed by atoms with Crippen LogP contribution < -0.4 is 4.74 Å². The maximum atomic E-state index is 12.7. The van der Waals surface area contributed by atoms with Gasteiger partial charge in [-0.3, -0.25) is 9.69 Å². The van der Waals surface area contributed by atoms with Crippen LogP contribution in [0.3, 0.4) is 0 Å². The van der Waals surface area contributed by atoms with Gasteiger partial charge in [-0.1, -0.05) is 37.6 Å². The van der Waals surface area contributed by atoms with Crippen LogP contribution in [0.2, 0.25) is 5.02 Å². The summed E-state index contributed by atoms with van der Waals surface area (Å²) >= 11 is 6.27. The number of rotatable bonds is 10. The first-order chi connectivity index (χ1) is 16.0. The standard InChI is InChI=1S/C27H33ClN2O3/c1-20(2)15-24(31)19-30-26-8-7-25(33-12-4-9-29-10-13-32-14-11-29)17-22(26)18-27(30)21-5-3-6-23(28)16-21/h3,5-8,16-18,20H,4,9-15,19H2,1-2H3. The first kappa shape index (κ1) is 23.8. The largest absolute Gasteiger partial charge is 0.494 e. The highest BCUT2D eigenvalue weighted by molar-refractivity contribution is 6.30. The smallest absolute Gasteiger partial charge is 0.152 e. The maximum absolute atomic E-state index is 12.7. The fourth-order valence-electron chi connectivity index (χ4n) is 4.40. The van der Waals surface area contributed by atoms with E-state index in [2.05, 4.69) is 41.5 Å². The van der Waals surface area contributed by atoms with Crippen molar-refractivity contribution in [2.75, 3.05) is 39.5 Å². The molecule has 3 aromatic rings. The third-order valence-electron chi connectivity index (χ3n) is 5.95. The summed E-state index contributed by atoms with van der Waals surface area (Å²) in [7, 11) is 0. The predicted octanol–water partition coefficient (Wildman–Crippen LogP) is 5.68. The summed E-state index contributed by atoms with van der Waals surface area (Å²) in [6.45, 7) is 9.85. The van der Waals surface area contributed by atoms with E-state index >= 15 is 0 Å². The van der Waals surface area contributed by atoms with Crippen molar-refractivity contribution < 1.29 is 14.3 Å². The van der Waals surface area contributed by atoms with Crippen LogP contribution in [-0.2, 0) is 16.1 Å². The summed E-state index contributed by atoms with van der Waals surface area (Å²) in [6.07, 6.45) is 1.55. The molecule has 5 nitrogen and oxygen atoms in total. The van der Waals surface area contributed by atoms with Gasteiger partial charge in [-0.25, -0.2) is 0 Å². The zero-order valence-corrected chi connectivity index (χ0v) is 20.3. The first-order valence-corrected chi connectivity index (χ1v) is 12.2. The van der Waals surface area contributed by atoms with Crippen molar-refractivity contribution in [3.8, 4) is 17.0 Å². The summed E-state index contributed by atoms with van der Waals surface area (Å²) in [5, 5.41) is 1.75. The maximum Gasteiger partial charge on any atom is 0.152 e. The van der Waals surface area contributed by atoms with Crippen molar-refractivity contribution in [2.24, 2.45) is 5.92 Å². The molecule has 0 aliphatic carbocycles. The number of fused-ring (bicyclic) bond motifs is 1. The van der Waals surface area contributed by atoms with Crippen LogP contribution in [0, 0.1) is 5.92 Å². The van der Waals surface area contributed by atoms with E-state index in [4.69, 9.17) is 21.1 Å². The van der Waals surface area contributed by atoms with Gasteiger partial charge in [0.15, 0.2) is 5.78 Å². The Morgan fingerprint density at radius 2 is 1.94 bits per heavy atom. The van der Waals surface area contributed by atoms with E-state index < -0.39 is 0 Å². The number of hydrogen-bond acceptors (Lipinski definition) is 4. The van der Waals surface area contributed by atoms with E-state index in [1.807, 2.05) is 30.3 Å². The molecule has 4 rings (SSSR count). The topological polar surface area (TPSA) is 43.7 Å². The molecule has 0 spiro atoms. The van der Waals surface area contributed by atoms with E-state index in [-0.39, 0.29) is 5.78 Å². The third-order valence-corrected chi connectivity index (χ3v) is 6.19. The van der Waals surface area contributed by atoms with Crippen molar-refractivity contribution in [1.29, 1.82) is 0 Å². The van der Waals surface area contributed by atoms with Crippen LogP contribution in [0.15, 0.2) is 48.5 Å². The van der Waals surface area contributed by atoms with Gasteiger partial charge in [-0.2, -0.15) is 0 Å². The second kappa shape index (κ2) is 11.2. The number of carbonyl (C=O) groups excluding carboxylic acids is 1. The molecule has 0 N–H and O–H groups in total. The Hall–Kier alpha value is -2.34. The molecule has 1 fully saturated rings. The van der Waals surface area contributed by atoms with Crippen molar-refractivity contribution in [3.63, 3.8) is 0 Å². The molecule has 33 heavy (non-hydrogen) atoms. The number of hydrogen-bond donors (Lipinski definition) is 0. The summed E-state index contributed by atoms with van der Waals surface area (Å²) in [6, 6.07) is 16.1. The van der Waals surface area contributed by atoms with E-state index in [9.17, 15) is 4.79 Å². The van der Waals surface area contributed by atoms with E-state index in [0.29, 0.717) is 30.5 Å². The van der Waals surface area contributed by atoms with Crippen molar-refractivity contribution in [2.45, 2.75) is 33.2 Å². The van der Waals surface area contributed by atoms with Gasteiger partial charge >= 0.3 is 0 Å².